The van der Waals surface area contributed by atoms with Crippen LogP contribution >= 0.6 is 0 Å². The summed E-state index contributed by atoms with van der Waals surface area (Å²) in [5.41, 5.74) is 9.42. The van der Waals surface area contributed by atoms with Gasteiger partial charge in [-0.1, -0.05) is 6.07 Å². The third-order valence-electron chi connectivity index (χ3n) is 7.68. The number of nitrogens with one attached hydrogen (secondary N) is 1. The summed E-state index contributed by atoms with van der Waals surface area (Å²) in [4.78, 5) is 46.9. The minimum Gasteiger partial charge on any atom is -0.338 e. The number of carbonyl (C=O) groups excluding carboxylic acids is 2. The van der Waals surface area contributed by atoms with E-state index in [0.29, 0.717) is 19.6 Å². The first-order valence-corrected chi connectivity index (χ1v) is 14.1. The van der Waals surface area contributed by atoms with E-state index in [1.54, 1.807) is 18.7 Å². The summed E-state index contributed by atoms with van der Waals surface area (Å²) >= 11 is 0. The van der Waals surface area contributed by atoms with Gasteiger partial charge in [0.05, 0.1) is 16.8 Å². The molecule has 2 aromatic rings. The van der Waals surface area contributed by atoms with Crippen LogP contribution in [0.2, 0.25) is 0 Å². The van der Waals surface area contributed by atoms with Crippen LogP contribution in [0.1, 0.15) is 44.2 Å². The number of likely N-dealkylation sites (tertiary alicyclic amines) is 1. The van der Waals surface area contributed by atoms with Gasteiger partial charge in [0.1, 0.15) is 5.82 Å². The van der Waals surface area contributed by atoms with Gasteiger partial charge < -0.3 is 26.2 Å². The number of rotatable bonds is 6. The first kappa shape index (κ1) is 31.4. The molecule has 1 unspecified atom stereocenters. The largest absolute Gasteiger partial charge is 0.416 e. The number of urea groups is 1. The molecule has 2 saturated heterocycles. The van der Waals surface area contributed by atoms with Gasteiger partial charge in [-0.2, -0.15) is 18.2 Å². The molecule has 2 aliphatic rings. The van der Waals surface area contributed by atoms with Crippen LogP contribution in [0.5, 0.6) is 0 Å². The van der Waals surface area contributed by atoms with E-state index < -0.39 is 29.0 Å². The third kappa shape index (κ3) is 7.86. The van der Waals surface area contributed by atoms with Crippen LogP contribution in [0.4, 0.5) is 23.8 Å². The van der Waals surface area contributed by atoms with Crippen molar-refractivity contribution in [2.24, 2.45) is 11.5 Å². The molecule has 230 valence electrons. The Balaban J connectivity index is 1.42. The quantitative estimate of drug-likeness (QED) is 0.466. The van der Waals surface area contributed by atoms with Crippen molar-refractivity contribution < 1.29 is 22.8 Å². The zero-order valence-electron chi connectivity index (χ0n) is 24.0. The second-order valence-corrected chi connectivity index (χ2v) is 11.5. The van der Waals surface area contributed by atoms with E-state index in [-0.39, 0.29) is 48.5 Å². The fraction of sp³-hybridized carbons (Fsp3) is 0.571. The van der Waals surface area contributed by atoms with Crippen molar-refractivity contribution in [1.29, 1.82) is 0 Å². The standard InChI is InChI=1S/C28H39F3N8O3/c1-27(2,33)24(40)37-14-16-38(17-15-37)25(41)34-23-9-13-39(26(42)35-23)21-6-5-19(22(18-21)28(29,30)31)7-11-36-10-3-4-20(32)8-12-36/h5-6,9,13,18,20H,3-4,7-8,10-12,14-17,32-33H2,1-2H3,(H,34,35,41,42). The molecule has 11 nitrogen and oxygen atoms in total. The van der Waals surface area contributed by atoms with Gasteiger partial charge in [-0.05, 0) is 76.4 Å². The second kappa shape index (κ2) is 12.8. The van der Waals surface area contributed by atoms with Gasteiger partial charge in [-0.25, -0.2) is 9.59 Å². The number of benzene rings is 1. The summed E-state index contributed by atoms with van der Waals surface area (Å²) in [7, 11) is 0. The Morgan fingerprint density at radius 3 is 2.36 bits per heavy atom. The molecule has 0 spiro atoms. The average Bonchev–Trinajstić information content (AvgIpc) is 3.14. The summed E-state index contributed by atoms with van der Waals surface area (Å²) in [6, 6.07) is 4.80. The predicted molar refractivity (Wildman–Crippen MR) is 152 cm³/mol. The zero-order valence-corrected chi connectivity index (χ0v) is 24.0. The van der Waals surface area contributed by atoms with Gasteiger partial charge in [-0.3, -0.25) is 14.7 Å². The molecular weight excluding hydrogens is 553 g/mol. The average molecular weight is 593 g/mol. The number of carbonyl (C=O) groups is 2. The Kier molecular flexibility index (Phi) is 9.58. The molecule has 14 heteroatoms. The highest BCUT2D eigenvalue weighted by molar-refractivity contribution is 5.89. The Morgan fingerprint density at radius 1 is 1.02 bits per heavy atom. The number of nitrogens with zero attached hydrogens (tertiary/aromatic N) is 5. The highest BCUT2D eigenvalue weighted by atomic mass is 19.4. The van der Waals surface area contributed by atoms with Gasteiger partial charge >= 0.3 is 17.9 Å². The van der Waals surface area contributed by atoms with E-state index in [0.717, 1.165) is 43.0 Å². The first-order chi connectivity index (χ1) is 19.7. The maximum Gasteiger partial charge on any atom is 0.416 e. The van der Waals surface area contributed by atoms with Crippen LogP contribution in [-0.4, -0.2) is 93.6 Å². The topological polar surface area (TPSA) is 143 Å². The Hall–Kier alpha value is -3.49. The number of alkyl halides is 3. The van der Waals surface area contributed by atoms with Crippen LogP contribution < -0.4 is 22.5 Å². The molecule has 4 rings (SSSR count). The van der Waals surface area contributed by atoms with E-state index in [1.807, 2.05) is 0 Å². The Morgan fingerprint density at radius 2 is 1.71 bits per heavy atom. The molecule has 42 heavy (non-hydrogen) atoms. The van der Waals surface area contributed by atoms with Gasteiger partial charge in [-0.15, -0.1) is 0 Å². The van der Waals surface area contributed by atoms with E-state index in [2.05, 4.69) is 15.2 Å². The number of piperazine rings is 1. The summed E-state index contributed by atoms with van der Waals surface area (Å²) in [5.74, 6) is -0.246. The minimum absolute atomic E-state index is 0.0193. The van der Waals surface area contributed by atoms with Crippen molar-refractivity contribution in [1.82, 2.24) is 24.3 Å². The highest BCUT2D eigenvalue weighted by Crippen LogP contribution is 2.34. The van der Waals surface area contributed by atoms with Crippen molar-refractivity contribution in [3.8, 4) is 5.69 Å². The van der Waals surface area contributed by atoms with Gasteiger partial charge in [0.25, 0.3) is 0 Å². The maximum absolute atomic E-state index is 14.0. The molecule has 0 saturated carbocycles. The molecule has 5 N–H and O–H groups in total. The smallest absolute Gasteiger partial charge is 0.338 e. The normalized spacial score (nSPS) is 19.0. The summed E-state index contributed by atoms with van der Waals surface area (Å²) in [5, 5.41) is 2.55. The van der Waals surface area contributed by atoms with Crippen molar-refractivity contribution in [3.63, 3.8) is 0 Å². The zero-order chi connectivity index (χ0) is 30.7. The predicted octanol–water partition coefficient (Wildman–Crippen LogP) is 2.02. The van der Waals surface area contributed by atoms with Gasteiger partial charge in [0, 0.05) is 45.0 Å². The molecule has 3 heterocycles. The molecule has 1 aromatic carbocycles. The maximum atomic E-state index is 14.0. The number of hydrogen-bond donors (Lipinski definition) is 3. The molecule has 2 aliphatic heterocycles. The van der Waals surface area contributed by atoms with Crippen molar-refractivity contribution in [2.45, 2.75) is 57.3 Å². The molecule has 1 aromatic heterocycles. The molecule has 0 radical (unpaired) electrons. The Bertz CT molecular complexity index is 1330. The first-order valence-electron chi connectivity index (χ1n) is 14.1. The lowest BCUT2D eigenvalue weighted by atomic mass is 10.0. The molecule has 0 aliphatic carbocycles. The lowest BCUT2D eigenvalue weighted by molar-refractivity contribution is -0.138. The van der Waals surface area contributed by atoms with E-state index in [9.17, 15) is 27.6 Å². The summed E-state index contributed by atoms with van der Waals surface area (Å²) in [6.45, 7) is 6.44. The highest BCUT2D eigenvalue weighted by Gasteiger charge is 2.34. The number of amides is 3. The lowest BCUT2D eigenvalue weighted by Crippen LogP contribution is -2.58. The summed E-state index contributed by atoms with van der Waals surface area (Å²) in [6.07, 6.45) is -0.454. The van der Waals surface area contributed by atoms with Crippen LogP contribution in [0.25, 0.3) is 5.69 Å². The second-order valence-electron chi connectivity index (χ2n) is 11.5. The van der Waals surface area contributed by atoms with Crippen LogP contribution in [0.15, 0.2) is 35.3 Å². The third-order valence-corrected chi connectivity index (χ3v) is 7.68. The van der Waals surface area contributed by atoms with Crippen molar-refractivity contribution >= 4 is 17.8 Å². The molecule has 2 fully saturated rings. The number of nitrogens with two attached hydrogens (primary N) is 2. The minimum atomic E-state index is -4.61. The lowest BCUT2D eigenvalue weighted by Gasteiger charge is -2.37. The SMILES string of the molecule is CC(C)(N)C(=O)N1CCN(C(=O)Nc2ccn(-c3ccc(CCN4CCCC(N)CC4)c(C(F)(F)F)c3)c(=O)n2)CC1. The van der Waals surface area contributed by atoms with Crippen molar-refractivity contribution in [2.75, 3.05) is 51.1 Å². The van der Waals surface area contributed by atoms with E-state index in [1.165, 1.54) is 29.3 Å². The molecule has 1 atom stereocenters. The number of aromatic nitrogens is 2. The molecule has 3 amide bonds. The number of anilines is 1. The fourth-order valence-corrected chi connectivity index (χ4v) is 5.26. The van der Waals surface area contributed by atoms with Gasteiger partial charge in [0.15, 0.2) is 0 Å². The molecular formula is C28H39F3N8O3. The van der Waals surface area contributed by atoms with E-state index >= 15 is 0 Å². The van der Waals surface area contributed by atoms with Crippen molar-refractivity contribution in [3.05, 3.63) is 52.1 Å². The number of halogens is 3. The monoisotopic (exact) mass is 592 g/mol. The number of hydrogen-bond acceptors (Lipinski definition) is 7. The fourth-order valence-electron chi connectivity index (χ4n) is 5.26. The Labute approximate surface area is 242 Å². The van der Waals surface area contributed by atoms with Crippen LogP contribution in [0.3, 0.4) is 0 Å². The summed E-state index contributed by atoms with van der Waals surface area (Å²) < 4.78 is 43.1. The van der Waals surface area contributed by atoms with Crippen LogP contribution in [0, 0.1) is 0 Å². The van der Waals surface area contributed by atoms with Gasteiger partial charge in [0.2, 0.25) is 5.91 Å². The van der Waals surface area contributed by atoms with E-state index in [4.69, 9.17) is 11.5 Å². The molecule has 0 bridgehead atoms. The van der Waals surface area contributed by atoms with Crippen LogP contribution in [-0.2, 0) is 17.4 Å².